The first-order valence-electron chi connectivity index (χ1n) is 10.1. The number of hydrogen-bond donors (Lipinski definition) is 0. The molecule has 4 rings (SSSR count). The number of rotatable bonds is 5. The maximum absolute atomic E-state index is 12.4. The second kappa shape index (κ2) is 7.86. The highest BCUT2D eigenvalue weighted by molar-refractivity contribution is 5.66. The first-order valence-corrected chi connectivity index (χ1v) is 10.1. The number of ether oxygens (including phenoxy) is 1. The summed E-state index contributed by atoms with van der Waals surface area (Å²) in [6.45, 7) is 8.43. The van der Waals surface area contributed by atoms with Gasteiger partial charge in [0.2, 0.25) is 0 Å². The average Bonchev–Trinajstić information content (AvgIpc) is 3.24. The summed E-state index contributed by atoms with van der Waals surface area (Å²) in [6, 6.07) is 12.0. The molecule has 0 atom stereocenters. The molecule has 8 heteroatoms. The number of benzene rings is 2. The molecule has 0 bridgehead atoms. The Kier molecular flexibility index (Phi) is 5.22. The van der Waals surface area contributed by atoms with Crippen LogP contribution in [0.5, 0.6) is 5.75 Å². The lowest BCUT2D eigenvalue weighted by atomic mass is 10.0. The first-order chi connectivity index (χ1) is 14.8. The zero-order valence-corrected chi connectivity index (χ0v) is 18.7. The summed E-state index contributed by atoms with van der Waals surface area (Å²) in [6.07, 6.45) is 0. The Morgan fingerprint density at radius 1 is 0.903 bits per heavy atom. The van der Waals surface area contributed by atoms with Crippen LogP contribution in [0.15, 0.2) is 41.2 Å². The van der Waals surface area contributed by atoms with E-state index in [0.717, 1.165) is 45.0 Å². The van der Waals surface area contributed by atoms with Crippen molar-refractivity contribution in [3.63, 3.8) is 0 Å². The highest BCUT2D eigenvalue weighted by Gasteiger charge is 2.15. The molecule has 0 amide bonds. The summed E-state index contributed by atoms with van der Waals surface area (Å²) in [4.78, 5) is 12.4. The van der Waals surface area contributed by atoms with E-state index >= 15 is 0 Å². The fourth-order valence-electron chi connectivity index (χ4n) is 3.60. The molecule has 0 unspecified atom stereocenters. The predicted octanol–water partition coefficient (Wildman–Crippen LogP) is 3.18. The summed E-state index contributed by atoms with van der Waals surface area (Å²) in [7, 11) is 3.52. The summed E-state index contributed by atoms with van der Waals surface area (Å²) >= 11 is 0. The third-order valence-corrected chi connectivity index (χ3v) is 5.62. The van der Waals surface area contributed by atoms with Gasteiger partial charge in [-0.25, -0.2) is 4.79 Å². The maximum atomic E-state index is 12.4. The third kappa shape index (κ3) is 3.76. The second-order valence-corrected chi connectivity index (χ2v) is 7.89. The molecule has 0 spiro atoms. The van der Waals surface area contributed by atoms with Gasteiger partial charge in [0, 0.05) is 30.9 Å². The van der Waals surface area contributed by atoms with E-state index in [1.54, 1.807) is 7.05 Å². The minimum atomic E-state index is -0.297. The molecule has 0 aliphatic heterocycles. The van der Waals surface area contributed by atoms with Crippen molar-refractivity contribution >= 4 is 0 Å². The highest BCUT2D eigenvalue weighted by Crippen LogP contribution is 2.31. The van der Waals surface area contributed by atoms with E-state index in [0.29, 0.717) is 12.3 Å². The Morgan fingerprint density at radius 3 is 2.32 bits per heavy atom. The van der Waals surface area contributed by atoms with Crippen LogP contribution < -0.4 is 10.4 Å². The zero-order chi connectivity index (χ0) is 22.3. The van der Waals surface area contributed by atoms with Crippen LogP contribution in [0, 0.1) is 27.7 Å². The van der Waals surface area contributed by atoms with E-state index < -0.39 is 0 Å². The molecule has 0 saturated carbocycles. The van der Waals surface area contributed by atoms with E-state index in [1.165, 1.54) is 9.36 Å². The number of hydrogen-bond acceptors (Lipinski definition) is 5. The van der Waals surface area contributed by atoms with Gasteiger partial charge < -0.3 is 4.74 Å². The van der Waals surface area contributed by atoms with Crippen molar-refractivity contribution in [2.75, 3.05) is 0 Å². The molecule has 0 fully saturated rings. The van der Waals surface area contributed by atoms with Crippen molar-refractivity contribution in [2.45, 2.75) is 34.3 Å². The Bertz CT molecular complexity index is 1310. The number of nitrogens with zero attached hydrogens (tertiary/aromatic N) is 6. The smallest absolute Gasteiger partial charge is 0.368 e. The molecule has 8 nitrogen and oxygen atoms in total. The van der Waals surface area contributed by atoms with Gasteiger partial charge in [-0.05, 0) is 79.1 Å². The molecular weight excluding hydrogens is 392 g/mol. The maximum Gasteiger partial charge on any atom is 0.368 e. The molecule has 2 aromatic heterocycles. The molecule has 31 heavy (non-hydrogen) atoms. The van der Waals surface area contributed by atoms with Crippen molar-refractivity contribution in [3.05, 3.63) is 74.8 Å². The van der Waals surface area contributed by atoms with Crippen molar-refractivity contribution in [1.29, 1.82) is 0 Å². The third-order valence-electron chi connectivity index (χ3n) is 5.62. The van der Waals surface area contributed by atoms with Crippen LogP contribution in [0.2, 0.25) is 0 Å². The van der Waals surface area contributed by atoms with Gasteiger partial charge >= 0.3 is 5.69 Å². The lowest BCUT2D eigenvalue weighted by molar-refractivity contribution is 0.302. The highest BCUT2D eigenvalue weighted by atomic mass is 16.5. The van der Waals surface area contributed by atoms with Gasteiger partial charge in [-0.2, -0.15) is 14.5 Å². The van der Waals surface area contributed by atoms with Crippen LogP contribution in [0.4, 0.5) is 0 Å². The van der Waals surface area contributed by atoms with E-state index in [9.17, 15) is 4.79 Å². The first kappa shape index (κ1) is 20.6. The molecule has 0 N–H and O–H groups in total. The molecule has 0 aliphatic carbocycles. The summed E-state index contributed by atoms with van der Waals surface area (Å²) < 4.78 is 10.6. The van der Waals surface area contributed by atoms with E-state index in [4.69, 9.17) is 4.74 Å². The van der Waals surface area contributed by atoms with Crippen molar-refractivity contribution in [3.8, 4) is 22.7 Å². The Morgan fingerprint density at radius 2 is 1.68 bits per heavy atom. The van der Waals surface area contributed by atoms with Gasteiger partial charge in [-0.1, -0.05) is 12.1 Å². The Labute approximate surface area is 180 Å². The number of tetrazole rings is 1. The summed E-state index contributed by atoms with van der Waals surface area (Å²) in [5.41, 5.74) is 7.56. The molecular formula is C23H26N6O2. The van der Waals surface area contributed by atoms with Gasteiger partial charge in [0.25, 0.3) is 0 Å². The standard InChI is InChI=1S/C23H26N6O2/c1-14-8-7-9-21(29-23(30)28(6)25-26-29)19(14)13-31-22-11-15(2)18(10-16(22)3)20-12-17(4)27(5)24-20/h7-12H,13H2,1-6H3. The fraction of sp³-hybridized carbons (Fsp3) is 0.304. The van der Waals surface area contributed by atoms with Crippen LogP contribution >= 0.6 is 0 Å². The molecule has 4 aromatic rings. The van der Waals surface area contributed by atoms with Crippen molar-refractivity contribution in [2.24, 2.45) is 14.1 Å². The average molecular weight is 419 g/mol. The van der Waals surface area contributed by atoms with Crippen molar-refractivity contribution < 1.29 is 4.74 Å². The second-order valence-electron chi connectivity index (χ2n) is 7.89. The van der Waals surface area contributed by atoms with E-state index in [-0.39, 0.29) is 5.69 Å². The van der Waals surface area contributed by atoms with Crippen LogP contribution in [0.25, 0.3) is 16.9 Å². The Balaban J connectivity index is 1.65. The van der Waals surface area contributed by atoms with Crippen LogP contribution in [0.1, 0.15) is 27.9 Å². The molecule has 0 saturated heterocycles. The fourth-order valence-corrected chi connectivity index (χ4v) is 3.60. The van der Waals surface area contributed by atoms with Gasteiger partial charge in [-0.3, -0.25) is 4.68 Å². The largest absolute Gasteiger partial charge is 0.489 e. The SMILES string of the molecule is Cc1cc(-c2cc(C)n(C)n2)c(C)cc1OCc1c(C)cccc1-n1nnn(C)c1=O. The minimum absolute atomic E-state index is 0.297. The topological polar surface area (TPSA) is 79.8 Å². The number of aryl methyl sites for hydroxylation is 6. The predicted molar refractivity (Wildman–Crippen MR) is 119 cm³/mol. The summed E-state index contributed by atoms with van der Waals surface area (Å²) in [5, 5.41) is 12.4. The summed E-state index contributed by atoms with van der Waals surface area (Å²) in [5.74, 6) is 0.801. The molecule has 2 aromatic carbocycles. The molecule has 160 valence electrons. The van der Waals surface area contributed by atoms with E-state index in [2.05, 4.69) is 34.6 Å². The zero-order valence-electron chi connectivity index (χ0n) is 18.7. The van der Waals surface area contributed by atoms with Crippen LogP contribution in [-0.4, -0.2) is 29.6 Å². The quantitative estimate of drug-likeness (QED) is 0.497. The molecule has 0 aliphatic rings. The minimum Gasteiger partial charge on any atom is -0.489 e. The molecule has 0 radical (unpaired) electrons. The number of aromatic nitrogens is 6. The van der Waals surface area contributed by atoms with Gasteiger partial charge in [0.05, 0.1) is 11.4 Å². The normalized spacial score (nSPS) is 11.2. The Hall–Kier alpha value is -3.68. The van der Waals surface area contributed by atoms with Gasteiger partial charge in [0.1, 0.15) is 12.4 Å². The van der Waals surface area contributed by atoms with Crippen LogP contribution in [0.3, 0.4) is 0 Å². The lowest BCUT2D eigenvalue weighted by Gasteiger charge is -2.16. The van der Waals surface area contributed by atoms with Gasteiger partial charge in [0.15, 0.2) is 0 Å². The monoisotopic (exact) mass is 418 g/mol. The molecule has 2 heterocycles. The van der Waals surface area contributed by atoms with Gasteiger partial charge in [-0.15, -0.1) is 0 Å². The van der Waals surface area contributed by atoms with Crippen LogP contribution in [-0.2, 0) is 20.7 Å². The van der Waals surface area contributed by atoms with Crippen molar-refractivity contribution in [1.82, 2.24) is 29.6 Å². The van der Waals surface area contributed by atoms with E-state index in [1.807, 2.05) is 56.8 Å². The lowest BCUT2D eigenvalue weighted by Crippen LogP contribution is -2.23.